The Labute approximate surface area is 111 Å². The molecule has 0 saturated carbocycles. The highest BCUT2D eigenvalue weighted by Crippen LogP contribution is 2.25. The number of hydrogen-bond donors (Lipinski definition) is 1. The highest BCUT2D eigenvalue weighted by atomic mass is 16.5. The Morgan fingerprint density at radius 1 is 1.21 bits per heavy atom. The van der Waals surface area contributed by atoms with Gasteiger partial charge in [0.25, 0.3) is 0 Å². The van der Waals surface area contributed by atoms with Gasteiger partial charge < -0.3 is 14.3 Å². The summed E-state index contributed by atoms with van der Waals surface area (Å²) in [4.78, 5) is 10.7. The molecule has 1 heterocycles. The Morgan fingerprint density at radius 2 is 1.95 bits per heavy atom. The van der Waals surface area contributed by atoms with Crippen molar-refractivity contribution in [1.82, 2.24) is 0 Å². The van der Waals surface area contributed by atoms with E-state index in [2.05, 4.69) is 0 Å². The van der Waals surface area contributed by atoms with Crippen LogP contribution in [0.15, 0.2) is 34.7 Å². The number of ether oxygens (including phenoxy) is 1. The van der Waals surface area contributed by atoms with Crippen LogP contribution in [0.2, 0.25) is 0 Å². The minimum absolute atomic E-state index is 0.0782. The molecule has 0 bridgehead atoms. The summed E-state index contributed by atoms with van der Waals surface area (Å²) in [6, 6.07) is 8.88. The number of hydrogen-bond acceptors (Lipinski definition) is 3. The summed E-state index contributed by atoms with van der Waals surface area (Å²) in [5.41, 5.74) is 2.35. The van der Waals surface area contributed by atoms with Gasteiger partial charge in [-0.25, -0.2) is 4.79 Å². The first-order valence-corrected chi connectivity index (χ1v) is 6.04. The van der Waals surface area contributed by atoms with E-state index in [-0.39, 0.29) is 11.9 Å². The molecular formula is C15H16O4. The Hall–Kier alpha value is -2.23. The highest BCUT2D eigenvalue weighted by molar-refractivity contribution is 5.84. The molecule has 19 heavy (non-hydrogen) atoms. The number of carboxylic acids is 1. The Bertz CT molecular complexity index is 598. The highest BCUT2D eigenvalue weighted by Gasteiger charge is 2.15. The van der Waals surface area contributed by atoms with Gasteiger partial charge in [-0.3, -0.25) is 0 Å². The molecule has 1 atom stereocenters. The van der Waals surface area contributed by atoms with Crippen LogP contribution in [0.3, 0.4) is 0 Å². The number of aromatic carboxylic acids is 1. The van der Waals surface area contributed by atoms with Gasteiger partial charge in [0.1, 0.15) is 11.5 Å². The molecule has 1 N–H and O–H groups in total. The zero-order chi connectivity index (χ0) is 14.0. The van der Waals surface area contributed by atoms with Crippen molar-refractivity contribution in [2.45, 2.75) is 26.9 Å². The normalized spacial score (nSPS) is 12.2. The monoisotopic (exact) mass is 260 g/mol. The first-order chi connectivity index (χ1) is 8.97. The third-order valence-corrected chi connectivity index (χ3v) is 3.03. The van der Waals surface area contributed by atoms with Crippen LogP contribution in [0.5, 0.6) is 5.75 Å². The fraction of sp³-hybridized carbons (Fsp3) is 0.267. The van der Waals surface area contributed by atoms with Gasteiger partial charge in [-0.1, -0.05) is 6.07 Å². The van der Waals surface area contributed by atoms with Gasteiger partial charge in [-0.2, -0.15) is 0 Å². The summed E-state index contributed by atoms with van der Waals surface area (Å²) in [7, 11) is 0. The van der Waals surface area contributed by atoms with Crippen molar-refractivity contribution < 1.29 is 19.1 Å². The molecule has 4 nitrogen and oxygen atoms in total. The predicted molar refractivity (Wildman–Crippen MR) is 70.6 cm³/mol. The van der Waals surface area contributed by atoms with E-state index in [0.29, 0.717) is 5.76 Å². The van der Waals surface area contributed by atoms with Crippen LogP contribution < -0.4 is 4.74 Å². The molecule has 1 aromatic heterocycles. The maximum atomic E-state index is 10.7. The van der Waals surface area contributed by atoms with E-state index in [4.69, 9.17) is 14.3 Å². The molecule has 0 aliphatic rings. The molecule has 0 radical (unpaired) electrons. The van der Waals surface area contributed by atoms with Crippen LogP contribution in [0.25, 0.3) is 0 Å². The van der Waals surface area contributed by atoms with Crippen LogP contribution in [0, 0.1) is 13.8 Å². The van der Waals surface area contributed by atoms with Gasteiger partial charge >= 0.3 is 5.97 Å². The quantitative estimate of drug-likeness (QED) is 0.909. The zero-order valence-corrected chi connectivity index (χ0v) is 11.1. The molecule has 0 aliphatic carbocycles. The molecule has 100 valence electrons. The Morgan fingerprint density at radius 3 is 2.53 bits per heavy atom. The van der Waals surface area contributed by atoms with Crippen molar-refractivity contribution in [3.05, 3.63) is 53.0 Å². The summed E-state index contributed by atoms with van der Waals surface area (Å²) < 4.78 is 11.0. The fourth-order valence-electron chi connectivity index (χ4n) is 1.74. The van der Waals surface area contributed by atoms with E-state index in [1.54, 1.807) is 6.07 Å². The van der Waals surface area contributed by atoms with Crippen LogP contribution in [0.1, 0.15) is 40.5 Å². The standard InChI is InChI=1S/C15H16O4/c1-9-4-5-12(8-10(9)2)18-11(3)13-6-7-14(19-13)15(16)17/h4-8,11H,1-3H3,(H,16,17). The van der Waals surface area contributed by atoms with Crippen molar-refractivity contribution in [2.24, 2.45) is 0 Å². The minimum atomic E-state index is -1.08. The zero-order valence-electron chi connectivity index (χ0n) is 11.1. The maximum Gasteiger partial charge on any atom is 0.371 e. The summed E-state index contributed by atoms with van der Waals surface area (Å²) >= 11 is 0. The largest absolute Gasteiger partial charge is 0.483 e. The molecule has 2 aromatic rings. The van der Waals surface area contributed by atoms with Gasteiger partial charge in [-0.05, 0) is 56.2 Å². The molecule has 4 heteroatoms. The number of furan rings is 1. The second-order valence-corrected chi connectivity index (χ2v) is 4.51. The molecule has 0 amide bonds. The van der Waals surface area contributed by atoms with Gasteiger partial charge in [0.2, 0.25) is 5.76 Å². The van der Waals surface area contributed by atoms with Gasteiger partial charge in [0.15, 0.2) is 6.10 Å². The third-order valence-electron chi connectivity index (χ3n) is 3.03. The van der Waals surface area contributed by atoms with E-state index in [1.165, 1.54) is 11.6 Å². The molecule has 1 unspecified atom stereocenters. The third kappa shape index (κ3) is 2.96. The van der Waals surface area contributed by atoms with Gasteiger partial charge in [-0.15, -0.1) is 0 Å². The minimum Gasteiger partial charge on any atom is -0.483 e. The lowest BCUT2D eigenvalue weighted by Gasteiger charge is -2.13. The lowest BCUT2D eigenvalue weighted by molar-refractivity contribution is 0.0655. The van der Waals surface area contributed by atoms with Crippen molar-refractivity contribution in [3.63, 3.8) is 0 Å². The first-order valence-electron chi connectivity index (χ1n) is 6.04. The molecule has 1 aromatic carbocycles. The second kappa shape index (κ2) is 5.18. The van der Waals surface area contributed by atoms with Crippen molar-refractivity contribution >= 4 is 5.97 Å². The molecule has 0 aliphatic heterocycles. The van der Waals surface area contributed by atoms with Crippen LogP contribution in [-0.4, -0.2) is 11.1 Å². The van der Waals surface area contributed by atoms with Crippen LogP contribution in [-0.2, 0) is 0 Å². The number of rotatable bonds is 4. The molecular weight excluding hydrogens is 244 g/mol. The van der Waals surface area contributed by atoms with Crippen molar-refractivity contribution in [2.75, 3.05) is 0 Å². The topological polar surface area (TPSA) is 59.7 Å². The molecule has 0 fully saturated rings. The Balaban J connectivity index is 2.13. The molecule has 0 saturated heterocycles. The molecule has 0 spiro atoms. The van der Waals surface area contributed by atoms with Crippen molar-refractivity contribution in [3.8, 4) is 5.75 Å². The van der Waals surface area contributed by atoms with E-state index in [9.17, 15) is 4.79 Å². The summed E-state index contributed by atoms with van der Waals surface area (Å²) in [6.45, 7) is 5.87. The van der Waals surface area contributed by atoms with Gasteiger partial charge in [0.05, 0.1) is 0 Å². The van der Waals surface area contributed by atoms with Gasteiger partial charge in [0, 0.05) is 0 Å². The average Bonchev–Trinajstić information content (AvgIpc) is 2.83. The summed E-state index contributed by atoms with van der Waals surface area (Å²) in [5.74, 6) is 0.0784. The summed E-state index contributed by atoms with van der Waals surface area (Å²) in [5, 5.41) is 8.80. The number of carbonyl (C=O) groups is 1. The van der Waals surface area contributed by atoms with E-state index in [0.717, 1.165) is 11.3 Å². The van der Waals surface area contributed by atoms with E-state index in [1.807, 2.05) is 39.0 Å². The second-order valence-electron chi connectivity index (χ2n) is 4.51. The number of benzene rings is 1. The number of aryl methyl sites for hydroxylation is 2. The smallest absolute Gasteiger partial charge is 0.371 e. The molecule has 2 rings (SSSR count). The van der Waals surface area contributed by atoms with E-state index >= 15 is 0 Å². The Kier molecular flexibility index (Phi) is 3.60. The van der Waals surface area contributed by atoms with Crippen LogP contribution in [0.4, 0.5) is 0 Å². The van der Waals surface area contributed by atoms with Crippen LogP contribution >= 0.6 is 0 Å². The fourth-order valence-corrected chi connectivity index (χ4v) is 1.74. The lowest BCUT2D eigenvalue weighted by atomic mass is 10.1. The maximum absolute atomic E-state index is 10.7. The predicted octanol–water partition coefficient (Wildman–Crippen LogP) is 3.73. The SMILES string of the molecule is Cc1ccc(OC(C)c2ccc(C(=O)O)o2)cc1C. The first kappa shape index (κ1) is 13.2. The van der Waals surface area contributed by atoms with E-state index < -0.39 is 5.97 Å². The average molecular weight is 260 g/mol. The lowest BCUT2D eigenvalue weighted by Crippen LogP contribution is -2.02. The summed E-state index contributed by atoms with van der Waals surface area (Å²) in [6.07, 6.45) is -0.338. The number of carboxylic acid groups (broad SMARTS) is 1. The van der Waals surface area contributed by atoms with Crippen molar-refractivity contribution in [1.29, 1.82) is 0 Å².